The number of ether oxygens (including phenoxy) is 2. The molecule has 2 fully saturated rings. The minimum Gasteiger partial charge on any atom is -0.449 e. The van der Waals surface area contributed by atoms with Gasteiger partial charge in [0, 0.05) is 37.7 Å². The third-order valence-electron chi connectivity index (χ3n) is 4.78. The molecular formula is C14H17NO3. The number of fused-ring (bicyclic) bond motifs is 3. The fourth-order valence-electron chi connectivity index (χ4n) is 4.00. The number of carbonyl (C=O) groups excluding carboxylic acids is 1. The van der Waals surface area contributed by atoms with Crippen LogP contribution in [0.1, 0.15) is 23.4 Å². The molecule has 0 aromatic carbocycles. The maximum atomic E-state index is 11.7. The van der Waals surface area contributed by atoms with Gasteiger partial charge < -0.3 is 9.47 Å². The van der Waals surface area contributed by atoms with Crippen molar-refractivity contribution in [2.24, 2.45) is 0 Å². The van der Waals surface area contributed by atoms with E-state index in [1.807, 2.05) is 6.08 Å². The Morgan fingerprint density at radius 1 is 1.67 bits per heavy atom. The number of esters is 1. The molecule has 2 saturated heterocycles. The molecule has 0 aromatic heterocycles. The SMILES string of the molecule is [2H]C([2H])([2H])O[C@@H]1CCN2[C@@H]3C=CC4=CC(=O)O[C@]4(C3)[C@H]2C1. The Morgan fingerprint density at radius 3 is 3.50 bits per heavy atom. The topological polar surface area (TPSA) is 38.8 Å². The van der Waals surface area contributed by atoms with E-state index < -0.39 is 12.6 Å². The summed E-state index contributed by atoms with van der Waals surface area (Å²) in [6, 6.07) is 0.281. The number of piperidine rings is 1. The first kappa shape index (κ1) is 8.12. The average molecular weight is 250 g/mol. The van der Waals surface area contributed by atoms with Gasteiger partial charge in [-0.2, -0.15) is 0 Å². The maximum Gasteiger partial charge on any atom is 0.332 e. The van der Waals surface area contributed by atoms with Crippen LogP contribution in [0.4, 0.5) is 0 Å². The number of hydrogen-bond donors (Lipinski definition) is 0. The molecule has 0 N–H and O–H groups in total. The number of methoxy groups -OCH3 is 1. The lowest BCUT2D eigenvalue weighted by Gasteiger charge is -2.40. The molecule has 3 heterocycles. The lowest BCUT2D eigenvalue weighted by atomic mass is 9.80. The first-order valence-corrected chi connectivity index (χ1v) is 6.44. The van der Waals surface area contributed by atoms with Crippen LogP contribution >= 0.6 is 0 Å². The summed E-state index contributed by atoms with van der Waals surface area (Å²) in [4.78, 5) is 14.0. The molecule has 4 heteroatoms. The van der Waals surface area contributed by atoms with Gasteiger partial charge in [-0.05, 0) is 12.8 Å². The molecule has 0 amide bonds. The van der Waals surface area contributed by atoms with Gasteiger partial charge in [-0.15, -0.1) is 0 Å². The zero-order valence-corrected chi connectivity index (χ0v) is 9.96. The Kier molecular flexibility index (Phi) is 1.56. The van der Waals surface area contributed by atoms with Crippen LogP contribution in [0.2, 0.25) is 0 Å². The summed E-state index contributed by atoms with van der Waals surface area (Å²) in [7, 11) is -2.37. The highest BCUT2D eigenvalue weighted by Crippen LogP contribution is 2.51. The molecule has 0 unspecified atom stereocenters. The van der Waals surface area contributed by atoms with Crippen LogP contribution in [0, 0.1) is 0 Å². The van der Waals surface area contributed by atoms with Crippen molar-refractivity contribution in [3.8, 4) is 0 Å². The molecule has 18 heavy (non-hydrogen) atoms. The van der Waals surface area contributed by atoms with Gasteiger partial charge in [0.2, 0.25) is 0 Å². The predicted molar refractivity (Wildman–Crippen MR) is 65.0 cm³/mol. The maximum absolute atomic E-state index is 11.7. The molecule has 4 aliphatic rings. The van der Waals surface area contributed by atoms with E-state index in [1.54, 1.807) is 6.08 Å². The summed E-state index contributed by atoms with van der Waals surface area (Å²) in [5, 5.41) is 0. The van der Waals surface area contributed by atoms with Gasteiger partial charge in [-0.1, -0.05) is 12.2 Å². The summed E-state index contributed by atoms with van der Waals surface area (Å²) in [5.41, 5.74) is 0.332. The summed E-state index contributed by atoms with van der Waals surface area (Å²) >= 11 is 0. The van der Waals surface area contributed by atoms with Crippen LogP contribution in [-0.2, 0) is 14.3 Å². The Balaban J connectivity index is 1.62. The molecule has 1 spiro atoms. The minimum absolute atomic E-state index is 0.0105. The van der Waals surface area contributed by atoms with E-state index in [0.29, 0.717) is 12.8 Å². The van der Waals surface area contributed by atoms with Crippen LogP contribution in [0.25, 0.3) is 0 Å². The second kappa shape index (κ2) is 3.45. The molecule has 1 aliphatic carbocycles. The monoisotopic (exact) mass is 250 g/mol. The van der Waals surface area contributed by atoms with Crippen LogP contribution in [0.3, 0.4) is 0 Å². The molecule has 0 aromatic rings. The Morgan fingerprint density at radius 2 is 2.61 bits per heavy atom. The van der Waals surface area contributed by atoms with Gasteiger partial charge in [0.1, 0.15) is 0 Å². The Labute approximate surface area is 110 Å². The molecule has 3 aliphatic heterocycles. The van der Waals surface area contributed by atoms with Crippen LogP contribution < -0.4 is 0 Å². The van der Waals surface area contributed by atoms with E-state index in [1.165, 1.54) is 0 Å². The van der Waals surface area contributed by atoms with Crippen LogP contribution in [-0.4, -0.2) is 48.2 Å². The second-order valence-corrected chi connectivity index (χ2v) is 5.56. The molecule has 2 bridgehead atoms. The molecular weight excluding hydrogens is 230 g/mol. The summed E-state index contributed by atoms with van der Waals surface area (Å²) < 4.78 is 32.7. The third kappa shape index (κ3) is 1.20. The van der Waals surface area contributed by atoms with Crippen molar-refractivity contribution >= 4 is 5.97 Å². The van der Waals surface area contributed by atoms with Gasteiger partial charge in [-0.25, -0.2) is 4.79 Å². The summed E-state index contributed by atoms with van der Waals surface area (Å²) in [5.74, 6) is -0.295. The number of nitrogens with zero attached hydrogens (tertiary/aromatic N) is 1. The van der Waals surface area contributed by atoms with Crippen molar-refractivity contribution in [3.05, 3.63) is 23.8 Å². The summed E-state index contributed by atoms with van der Waals surface area (Å²) in [6.07, 6.45) is 7.40. The van der Waals surface area contributed by atoms with Gasteiger partial charge in [0.25, 0.3) is 0 Å². The Bertz CT molecular complexity index is 556. The first-order valence-electron chi connectivity index (χ1n) is 7.94. The van der Waals surface area contributed by atoms with Crippen LogP contribution in [0.5, 0.6) is 0 Å². The van der Waals surface area contributed by atoms with Crippen molar-refractivity contribution < 1.29 is 18.4 Å². The Hall–Kier alpha value is -1.13. The second-order valence-electron chi connectivity index (χ2n) is 5.56. The van der Waals surface area contributed by atoms with Crippen molar-refractivity contribution in [1.29, 1.82) is 0 Å². The van der Waals surface area contributed by atoms with E-state index in [4.69, 9.17) is 13.6 Å². The molecule has 96 valence electrons. The lowest BCUT2D eigenvalue weighted by Crippen LogP contribution is -2.51. The van der Waals surface area contributed by atoms with Crippen LogP contribution in [0.15, 0.2) is 23.8 Å². The largest absolute Gasteiger partial charge is 0.449 e. The lowest BCUT2D eigenvalue weighted by molar-refractivity contribution is -0.149. The van der Waals surface area contributed by atoms with Gasteiger partial charge in [-0.3, -0.25) is 4.90 Å². The van der Waals surface area contributed by atoms with E-state index in [-0.39, 0.29) is 24.2 Å². The average Bonchev–Trinajstić information content (AvgIpc) is 2.84. The first-order chi connectivity index (χ1) is 9.87. The highest BCUT2D eigenvalue weighted by atomic mass is 16.6. The smallest absolute Gasteiger partial charge is 0.332 e. The minimum atomic E-state index is -2.37. The zero-order valence-electron chi connectivity index (χ0n) is 13.0. The van der Waals surface area contributed by atoms with Crippen molar-refractivity contribution in [1.82, 2.24) is 4.90 Å². The fraction of sp³-hybridized carbons (Fsp3) is 0.643. The highest BCUT2D eigenvalue weighted by Gasteiger charge is 2.60. The van der Waals surface area contributed by atoms with Crippen molar-refractivity contribution in [2.75, 3.05) is 13.6 Å². The quantitative estimate of drug-likeness (QED) is 0.652. The van der Waals surface area contributed by atoms with E-state index in [0.717, 1.165) is 18.5 Å². The standard InChI is InChI=1S/C14H17NO3/c1-17-11-4-5-15-10-3-2-9-6-13(16)18-14(9,8-10)12(15)7-11/h2-3,6,10-12H,4-5,7-8H2,1H3/t10-,11-,12-,14+/m1/s1/i1D3. The normalized spacial score (nSPS) is 48.7. The van der Waals surface area contributed by atoms with Crippen molar-refractivity contribution in [2.45, 2.75) is 43.1 Å². The molecule has 4 rings (SSSR count). The highest BCUT2D eigenvalue weighted by molar-refractivity contribution is 5.88. The molecule has 4 nitrogen and oxygen atoms in total. The third-order valence-corrected chi connectivity index (χ3v) is 4.78. The molecule has 0 radical (unpaired) electrons. The van der Waals surface area contributed by atoms with E-state index in [9.17, 15) is 4.79 Å². The summed E-state index contributed by atoms with van der Waals surface area (Å²) in [6.45, 7) is 0.771. The van der Waals surface area contributed by atoms with E-state index in [2.05, 4.69) is 11.0 Å². The number of carbonyl (C=O) groups is 1. The fourth-order valence-corrected chi connectivity index (χ4v) is 4.00. The van der Waals surface area contributed by atoms with Gasteiger partial charge in [0.05, 0.1) is 16.3 Å². The van der Waals surface area contributed by atoms with Gasteiger partial charge in [0.15, 0.2) is 5.60 Å². The molecule has 0 saturated carbocycles. The zero-order chi connectivity index (χ0) is 14.8. The van der Waals surface area contributed by atoms with E-state index >= 15 is 0 Å². The van der Waals surface area contributed by atoms with Crippen molar-refractivity contribution in [3.63, 3.8) is 0 Å². The van der Waals surface area contributed by atoms with Gasteiger partial charge >= 0.3 is 5.97 Å². The molecule has 4 atom stereocenters. The number of hydrogen-bond acceptors (Lipinski definition) is 4. The predicted octanol–water partition coefficient (Wildman–Crippen LogP) is 1.03. The number of rotatable bonds is 1.